The summed E-state index contributed by atoms with van der Waals surface area (Å²) in [5, 5.41) is 4.08. The summed E-state index contributed by atoms with van der Waals surface area (Å²) in [4.78, 5) is 4.40. The molecule has 5 heteroatoms. The zero-order valence-electron chi connectivity index (χ0n) is 11.4. The van der Waals surface area contributed by atoms with Crippen LogP contribution in [0.3, 0.4) is 0 Å². The van der Waals surface area contributed by atoms with Gasteiger partial charge in [-0.2, -0.15) is 0 Å². The number of halogens is 2. The first kappa shape index (κ1) is 14.2. The highest BCUT2D eigenvalue weighted by Gasteiger charge is 2.22. The van der Waals surface area contributed by atoms with E-state index in [1.165, 1.54) is 6.07 Å². The molecule has 0 aliphatic carbocycles. The summed E-state index contributed by atoms with van der Waals surface area (Å²) in [6, 6.07) is 10.3. The lowest BCUT2D eigenvalue weighted by Gasteiger charge is -2.16. The highest BCUT2D eigenvalue weighted by Crippen LogP contribution is 2.31. The second-order valence-corrected chi connectivity index (χ2v) is 5.52. The molecule has 0 amide bonds. The number of rotatable bonds is 4. The van der Waals surface area contributed by atoms with Crippen LogP contribution in [-0.4, -0.2) is 11.5 Å². The average molecular weight is 349 g/mol. The Morgan fingerprint density at radius 2 is 2.19 bits per heavy atom. The van der Waals surface area contributed by atoms with Crippen molar-refractivity contribution in [1.82, 2.24) is 10.3 Å². The maximum absolute atomic E-state index is 13.8. The largest absolute Gasteiger partial charge is 0.456 e. The van der Waals surface area contributed by atoms with E-state index in [2.05, 4.69) is 26.2 Å². The Labute approximate surface area is 130 Å². The molecule has 0 saturated carbocycles. The lowest BCUT2D eigenvalue weighted by molar-refractivity contribution is 0.459. The van der Waals surface area contributed by atoms with Gasteiger partial charge in [0.05, 0.1) is 5.69 Å². The van der Waals surface area contributed by atoms with Gasteiger partial charge in [0, 0.05) is 16.1 Å². The summed E-state index contributed by atoms with van der Waals surface area (Å²) in [5.74, 6) is 0.297. The summed E-state index contributed by atoms with van der Waals surface area (Å²) in [5.41, 5.74) is 1.10. The van der Waals surface area contributed by atoms with Crippen molar-refractivity contribution in [2.75, 3.05) is 6.54 Å². The molecule has 3 nitrogen and oxygen atoms in total. The molecule has 0 aliphatic heterocycles. The Morgan fingerprint density at radius 1 is 1.33 bits per heavy atom. The predicted octanol–water partition coefficient (Wildman–Crippen LogP) is 4.43. The molecule has 21 heavy (non-hydrogen) atoms. The molecular weight excluding hydrogens is 335 g/mol. The fourth-order valence-corrected chi connectivity index (χ4v) is 2.82. The van der Waals surface area contributed by atoms with E-state index in [-0.39, 0.29) is 17.4 Å². The van der Waals surface area contributed by atoms with Crippen LogP contribution in [0.1, 0.15) is 24.4 Å². The molecule has 0 saturated heterocycles. The first-order valence-electron chi connectivity index (χ1n) is 6.72. The van der Waals surface area contributed by atoms with Gasteiger partial charge in [-0.15, -0.1) is 0 Å². The summed E-state index contributed by atoms with van der Waals surface area (Å²) in [6.45, 7) is 2.75. The van der Waals surface area contributed by atoms with E-state index >= 15 is 0 Å². The van der Waals surface area contributed by atoms with E-state index in [9.17, 15) is 4.39 Å². The van der Waals surface area contributed by atoms with E-state index in [4.69, 9.17) is 4.42 Å². The highest BCUT2D eigenvalue weighted by atomic mass is 79.9. The minimum Gasteiger partial charge on any atom is -0.456 e. The maximum atomic E-state index is 13.8. The number of benzene rings is 1. The predicted molar refractivity (Wildman–Crippen MR) is 83.6 cm³/mol. The summed E-state index contributed by atoms with van der Waals surface area (Å²) in [7, 11) is 0. The Balaban J connectivity index is 2.11. The number of furan rings is 1. The summed E-state index contributed by atoms with van der Waals surface area (Å²) >= 11 is 3.50. The smallest absolute Gasteiger partial charge is 0.169 e. The quantitative estimate of drug-likeness (QED) is 0.757. The van der Waals surface area contributed by atoms with Gasteiger partial charge < -0.3 is 9.73 Å². The zero-order valence-corrected chi connectivity index (χ0v) is 13.0. The van der Waals surface area contributed by atoms with Crippen molar-refractivity contribution in [2.24, 2.45) is 0 Å². The molecule has 3 rings (SSSR count). The first-order valence-corrected chi connectivity index (χ1v) is 7.51. The minimum atomic E-state index is -0.353. The number of pyridine rings is 1. The molecular formula is C16H14BrFN2O. The van der Waals surface area contributed by atoms with Gasteiger partial charge in [0.25, 0.3) is 0 Å². The van der Waals surface area contributed by atoms with Crippen molar-refractivity contribution < 1.29 is 8.81 Å². The zero-order chi connectivity index (χ0) is 14.8. The topological polar surface area (TPSA) is 38.1 Å². The Kier molecular flexibility index (Phi) is 4.03. The lowest BCUT2D eigenvalue weighted by Crippen LogP contribution is -2.22. The molecule has 0 spiro atoms. The van der Waals surface area contributed by atoms with E-state index in [1.807, 2.05) is 31.2 Å². The molecule has 1 unspecified atom stereocenters. The van der Waals surface area contributed by atoms with Gasteiger partial charge in [0.1, 0.15) is 11.8 Å². The van der Waals surface area contributed by atoms with E-state index in [1.54, 1.807) is 12.3 Å². The van der Waals surface area contributed by atoms with Crippen LogP contribution in [0.2, 0.25) is 0 Å². The minimum absolute atomic E-state index is 0.225. The third-order valence-electron chi connectivity index (χ3n) is 3.27. The lowest BCUT2D eigenvalue weighted by atomic mass is 10.1. The van der Waals surface area contributed by atoms with Crippen LogP contribution < -0.4 is 5.32 Å². The average Bonchev–Trinajstić information content (AvgIpc) is 2.91. The molecule has 1 atom stereocenters. The molecule has 0 aliphatic rings. The standard InChI is InChI=1S/C16H14BrFN2O/c1-2-19-15(14-11(17)6-4-8-20-14)13-9-10-5-3-7-12(18)16(10)21-13/h3-9,15,19H,2H2,1H3. The van der Waals surface area contributed by atoms with Crippen LogP contribution in [0.25, 0.3) is 11.0 Å². The van der Waals surface area contributed by atoms with Crippen LogP contribution in [0.15, 0.2) is 51.5 Å². The van der Waals surface area contributed by atoms with Crippen molar-refractivity contribution in [1.29, 1.82) is 0 Å². The van der Waals surface area contributed by atoms with Gasteiger partial charge in [-0.05, 0) is 46.7 Å². The number of nitrogens with zero attached hydrogens (tertiary/aromatic N) is 1. The monoisotopic (exact) mass is 348 g/mol. The SMILES string of the molecule is CCNC(c1cc2cccc(F)c2o1)c1ncccc1Br. The van der Waals surface area contributed by atoms with Crippen LogP contribution in [0.4, 0.5) is 4.39 Å². The maximum Gasteiger partial charge on any atom is 0.169 e. The van der Waals surface area contributed by atoms with Crippen LogP contribution >= 0.6 is 15.9 Å². The number of fused-ring (bicyclic) bond motifs is 1. The normalized spacial score (nSPS) is 12.7. The van der Waals surface area contributed by atoms with Gasteiger partial charge in [-0.25, -0.2) is 4.39 Å². The second-order valence-electron chi connectivity index (χ2n) is 4.67. The molecule has 108 valence electrons. The van der Waals surface area contributed by atoms with Gasteiger partial charge in [-0.1, -0.05) is 19.1 Å². The fraction of sp³-hybridized carbons (Fsp3) is 0.188. The molecule has 1 aromatic carbocycles. The number of hydrogen-bond donors (Lipinski definition) is 1. The summed E-state index contributed by atoms with van der Waals surface area (Å²) < 4.78 is 20.4. The molecule has 2 heterocycles. The van der Waals surface area contributed by atoms with Gasteiger partial charge in [0.15, 0.2) is 11.4 Å². The van der Waals surface area contributed by atoms with Crippen molar-refractivity contribution in [2.45, 2.75) is 13.0 Å². The van der Waals surface area contributed by atoms with Crippen LogP contribution in [0, 0.1) is 5.82 Å². The molecule has 0 fully saturated rings. The number of hydrogen-bond acceptors (Lipinski definition) is 3. The Bertz CT molecular complexity index is 772. The van der Waals surface area contributed by atoms with Gasteiger partial charge in [-0.3, -0.25) is 4.98 Å². The van der Waals surface area contributed by atoms with Crippen molar-refractivity contribution in [3.05, 3.63) is 64.3 Å². The first-order chi connectivity index (χ1) is 10.2. The van der Waals surface area contributed by atoms with Crippen molar-refractivity contribution in [3.8, 4) is 0 Å². The van der Waals surface area contributed by atoms with E-state index in [0.29, 0.717) is 5.76 Å². The third-order valence-corrected chi connectivity index (χ3v) is 3.94. The highest BCUT2D eigenvalue weighted by molar-refractivity contribution is 9.10. The molecule has 3 aromatic rings. The van der Waals surface area contributed by atoms with E-state index in [0.717, 1.165) is 22.1 Å². The Hall–Kier alpha value is -1.72. The van der Waals surface area contributed by atoms with Crippen molar-refractivity contribution in [3.63, 3.8) is 0 Å². The Morgan fingerprint density at radius 3 is 2.90 bits per heavy atom. The van der Waals surface area contributed by atoms with Gasteiger partial charge >= 0.3 is 0 Å². The molecule has 0 radical (unpaired) electrons. The molecule has 0 bridgehead atoms. The number of para-hydroxylation sites is 1. The van der Waals surface area contributed by atoms with Crippen LogP contribution in [-0.2, 0) is 0 Å². The van der Waals surface area contributed by atoms with Gasteiger partial charge in [0.2, 0.25) is 0 Å². The number of aromatic nitrogens is 1. The molecule has 1 N–H and O–H groups in total. The number of nitrogens with one attached hydrogen (secondary N) is 1. The van der Waals surface area contributed by atoms with Crippen molar-refractivity contribution >= 4 is 26.9 Å². The second kappa shape index (κ2) is 5.95. The van der Waals surface area contributed by atoms with Crippen LogP contribution in [0.5, 0.6) is 0 Å². The summed E-state index contributed by atoms with van der Waals surface area (Å²) in [6.07, 6.45) is 1.73. The molecule has 2 aromatic heterocycles. The van der Waals surface area contributed by atoms with E-state index < -0.39 is 0 Å². The third kappa shape index (κ3) is 2.71. The fourth-order valence-electron chi connectivity index (χ4n) is 2.34.